The Labute approximate surface area is 167 Å². The number of benzene rings is 1. The Morgan fingerprint density at radius 1 is 1.26 bits per heavy atom. The third-order valence-corrected chi connectivity index (χ3v) is 5.18. The summed E-state index contributed by atoms with van der Waals surface area (Å²) in [5, 5.41) is 12.0. The largest absolute Gasteiger partial charge is 0.382 e. The van der Waals surface area contributed by atoms with Crippen LogP contribution in [0.5, 0.6) is 0 Å². The van der Waals surface area contributed by atoms with Crippen molar-refractivity contribution in [3.8, 4) is 0 Å². The number of aromatic nitrogens is 5. The van der Waals surface area contributed by atoms with Crippen molar-refractivity contribution in [2.45, 2.75) is 46.1 Å². The lowest BCUT2D eigenvalue weighted by atomic mass is 10.0. The normalized spacial score (nSPS) is 12.7. The summed E-state index contributed by atoms with van der Waals surface area (Å²) in [5.74, 6) is 1.78. The molecule has 3 rings (SSSR count). The summed E-state index contributed by atoms with van der Waals surface area (Å²) < 4.78 is 8.13. The number of rotatable bonds is 7. The Hall–Kier alpha value is -2.06. The van der Waals surface area contributed by atoms with Gasteiger partial charge < -0.3 is 10.1 Å². The van der Waals surface area contributed by atoms with Gasteiger partial charge >= 0.3 is 0 Å². The number of anilines is 2. The molecule has 0 spiro atoms. The average Bonchev–Trinajstić information content (AvgIpc) is 3.04. The van der Waals surface area contributed by atoms with Crippen molar-refractivity contribution in [1.29, 1.82) is 0 Å². The zero-order chi connectivity index (χ0) is 19.6. The van der Waals surface area contributed by atoms with Gasteiger partial charge in [-0.25, -0.2) is 14.6 Å². The molecule has 7 nitrogen and oxygen atoms in total. The number of hydrogen-bond donors (Lipinski definition) is 1. The molecule has 27 heavy (non-hydrogen) atoms. The van der Waals surface area contributed by atoms with E-state index in [2.05, 4.69) is 74.4 Å². The number of nitrogens with one attached hydrogen (secondary N) is 1. The monoisotopic (exact) mass is 432 g/mol. The molecular formula is C19H25BrN6O. The molecule has 2 aromatic heterocycles. The van der Waals surface area contributed by atoms with Gasteiger partial charge in [-0.3, -0.25) is 0 Å². The maximum absolute atomic E-state index is 5.32. The van der Waals surface area contributed by atoms with Gasteiger partial charge in [-0.15, -0.1) is 5.10 Å². The molecular weight excluding hydrogens is 408 g/mol. The van der Waals surface area contributed by atoms with Gasteiger partial charge in [0.25, 0.3) is 0 Å². The fourth-order valence-corrected chi connectivity index (χ4v) is 3.44. The van der Waals surface area contributed by atoms with Gasteiger partial charge in [0.15, 0.2) is 17.0 Å². The van der Waals surface area contributed by atoms with Crippen LogP contribution in [0.2, 0.25) is 0 Å². The highest BCUT2D eigenvalue weighted by Crippen LogP contribution is 2.31. The van der Waals surface area contributed by atoms with E-state index in [-0.39, 0.29) is 6.04 Å². The lowest BCUT2D eigenvalue weighted by molar-refractivity contribution is 0.148. The summed E-state index contributed by atoms with van der Waals surface area (Å²) in [6.07, 6.45) is 0.875. The van der Waals surface area contributed by atoms with Crippen LogP contribution >= 0.6 is 15.9 Å². The standard InChI is InChI=1S/C19H25BrN6O/c1-6-14(10-27-5)26-19-17(24-25-26)18(21-12(4)22-19)23-16-8-7-13(11(2)3)9-15(16)20/h7-9,11,14H,6,10H2,1-5H3,(H,21,22,23). The number of fused-ring (bicyclic) bond motifs is 1. The molecule has 8 heteroatoms. The molecule has 1 atom stereocenters. The van der Waals surface area contributed by atoms with Crippen LogP contribution in [0.15, 0.2) is 22.7 Å². The molecule has 0 bridgehead atoms. The Morgan fingerprint density at radius 2 is 2.04 bits per heavy atom. The molecule has 0 saturated carbocycles. The first-order valence-corrected chi connectivity index (χ1v) is 9.88. The van der Waals surface area contributed by atoms with E-state index in [9.17, 15) is 0 Å². The molecule has 1 aromatic carbocycles. The van der Waals surface area contributed by atoms with Crippen LogP contribution in [-0.4, -0.2) is 38.7 Å². The number of ether oxygens (including phenoxy) is 1. The Balaban J connectivity index is 2.01. The topological polar surface area (TPSA) is 77.8 Å². The van der Waals surface area contributed by atoms with Gasteiger partial charge in [-0.1, -0.05) is 32.1 Å². The lowest BCUT2D eigenvalue weighted by Crippen LogP contribution is -2.16. The van der Waals surface area contributed by atoms with E-state index in [1.165, 1.54) is 5.56 Å². The molecule has 1 unspecified atom stereocenters. The zero-order valence-electron chi connectivity index (χ0n) is 16.3. The van der Waals surface area contributed by atoms with E-state index in [1.54, 1.807) is 7.11 Å². The first kappa shape index (κ1) is 19.7. The predicted molar refractivity (Wildman–Crippen MR) is 111 cm³/mol. The van der Waals surface area contributed by atoms with Crippen LogP contribution in [-0.2, 0) is 4.74 Å². The maximum Gasteiger partial charge on any atom is 0.184 e. The first-order chi connectivity index (χ1) is 12.9. The molecule has 0 aliphatic rings. The van der Waals surface area contributed by atoms with Gasteiger partial charge in [0.2, 0.25) is 0 Å². The molecule has 3 aromatic rings. The molecule has 2 heterocycles. The second-order valence-electron chi connectivity index (χ2n) is 6.86. The van der Waals surface area contributed by atoms with Crippen molar-refractivity contribution in [3.63, 3.8) is 0 Å². The van der Waals surface area contributed by atoms with Crippen LogP contribution in [0.4, 0.5) is 11.5 Å². The second-order valence-corrected chi connectivity index (χ2v) is 7.72. The van der Waals surface area contributed by atoms with Crippen molar-refractivity contribution in [2.24, 2.45) is 0 Å². The summed E-state index contributed by atoms with van der Waals surface area (Å²) in [7, 11) is 1.69. The van der Waals surface area contributed by atoms with Crippen LogP contribution < -0.4 is 5.32 Å². The quantitative estimate of drug-likeness (QED) is 0.579. The number of halogens is 1. The van der Waals surface area contributed by atoms with Crippen LogP contribution in [0.25, 0.3) is 11.2 Å². The van der Waals surface area contributed by atoms with E-state index in [0.29, 0.717) is 35.3 Å². The van der Waals surface area contributed by atoms with Crippen molar-refractivity contribution in [3.05, 3.63) is 34.1 Å². The molecule has 144 valence electrons. The summed E-state index contributed by atoms with van der Waals surface area (Å²) in [6.45, 7) is 8.88. The highest BCUT2D eigenvalue weighted by atomic mass is 79.9. The minimum atomic E-state index is 0.0826. The Morgan fingerprint density at radius 3 is 2.67 bits per heavy atom. The third kappa shape index (κ3) is 4.11. The smallest absolute Gasteiger partial charge is 0.184 e. The van der Waals surface area contributed by atoms with Gasteiger partial charge in [0.1, 0.15) is 5.82 Å². The van der Waals surface area contributed by atoms with Crippen LogP contribution in [0, 0.1) is 6.92 Å². The zero-order valence-corrected chi connectivity index (χ0v) is 17.9. The van der Waals surface area contributed by atoms with E-state index >= 15 is 0 Å². The van der Waals surface area contributed by atoms with E-state index in [0.717, 1.165) is 16.6 Å². The van der Waals surface area contributed by atoms with Crippen molar-refractivity contribution in [2.75, 3.05) is 19.0 Å². The average molecular weight is 433 g/mol. The first-order valence-electron chi connectivity index (χ1n) is 9.09. The van der Waals surface area contributed by atoms with E-state index in [1.807, 2.05) is 17.7 Å². The minimum absolute atomic E-state index is 0.0826. The number of methoxy groups -OCH3 is 1. The van der Waals surface area contributed by atoms with E-state index in [4.69, 9.17) is 4.74 Å². The second kappa shape index (κ2) is 8.31. The molecule has 0 radical (unpaired) electrons. The van der Waals surface area contributed by atoms with Gasteiger partial charge in [0.05, 0.1) is 18.3 Å². The summed E-state index contributed by atoms with van der Waals surface area (Å²) in [6, 6.07) is 6.37. The molecule has 0 aliphatic heterocycles. The van der Waals surface area contributed by atoms with Crippen LogP contribution in [0.1, 0.15) is 50.5 Å². The molecule has 0 fully saturated rings. The highest BCUT2D eigenvalue weighted by Gasteiger charge is 2.19. The predicted octanol–water partition coefficient (Wildman–Crippen LogP) is 4.76. The lowest BCUT2D eigenvalue weighted by Gasteiger charge is -2.15. The minimum Gasteiger partial charge on any atom is -0.382 e. The van der Waals surface area contributed by atoms with Crippen molar-refractivity contribution in [1.82, 2.24) is 25.0 Å². The molecule has 1 N–H and O–H groups in total. The van der Waals surface area contributed by atoms with Crippen LogP contribution in [0.3, 0.4) is 0 Å². The SMILES string of the molecule is CCC(COC)n1nnc2c(Nc3ccc(C(C)C)cc3Br)nc(C)nc21. The fourth-order valence-electron chi connectivity index (χ4n) is 2.95. The third-order valence-electron chi connectivity index (χ3n) is 4.52. The number of nitrogens with zero attached hydrogens (tertiary/aromatic N) is 5. The number of hydrogen-bond acceptors (Lipinski definition) is 6. The van der Waals surface area contributed by atoms with Gasteiger partial charge in [-0.05, 0) is 52.9 Å². The Kier molecular flexibility index (Phi) is 6.06. The van der Waals surface area contributed by atoms with Gasteiger partial charge in [0, 0.05) is 11.6 Å². The molecule has 0 amide bonds. The van der Waals surface area contributed by atoms with Crippen molar-refractivity contribution >= 4 is 38.6 Å². The van der Waals surface area contributed by atoms with E-state index < -0.39 is 0 Å². The number of aryl methyl sites for hydroxylation is 1. The molecule has 0 saturated heterocycles. The summed E-state index contributed by atoms with van der Waals surface area (Å²) in [5.41, 5.74) is 3.56. The van der Waals surface area contributed by atoms with Gasteiger partial charge in [-0.2, -0.15) is 0 Å². The Bertz CT molecular complexity index is 939. The van der Waals surface area contributed by atoms with Crippen molar-refractivity contribution < 1.29 is 4.74 Å². The maximum atomic E-state index is 5.32. The summed E-state index contributed by atoms with van der Waals surface area (Å²) in [4.78, 5) is 9.12. The molecule has 0 aliphatic carbocycles. The highest BCUT2D eigenvalue weighted by molar-refractivity contribution is 9.10. The fraction of sp³-hybridized carbons (Fsp3) is 0.474. The summed E-state index contributed by atoms with van der Waals surface area (Å²) >= 11 is 3.65.